The Balaban J connectivity index is 1.94. The zero-order chi connectivity index (χ0) is 9.26. The van der Waals surface area contributed by atoms with Crippen molar-refractivity contribution in [1.29, 1.82) is 0 Å². The van der Waals surface area contributed by atoms with E-state index in [-0.39, 0.29) is 12.2 Å². The fourth-order valence-electron chi connectivity index (χ4n) is 3.06. The Morgan fingerprint density at radius 1 is 0.846 bits per heavy atom. The molecule has 2 saturated carbocycles. The van der Waals surface area contributed by atoms with Crippen molar-refractivity contribution in [3.8, 4) is 0 Å². The Morgan fingerprint density at radius 3 is 2.23 bits per heavy atom. The number of hydrogen-bond donors (Lipinski definition) is 2. The standard InChI is InChI=1S/C11H20O2/c12-9-5-6-11(13)10(7-9)8-3-1-2-4-8/h8-13H,1-7H2. The van der Waals surface area contributed by atoms with Crippen LogP contribution >= 0.6 is 0 Å². The third kappa shape index (κ3) is 2.05. The summed E-state index contributed by atoms with van der Waals surface area (Å²) in [6.07, 6.45) is 7.36. The van der Waals surface area contributed by atoms with E-state index in [9.17, 15) is 10.2 Å². The molecule has 0 aromatic heterocycles. The highest BCUT2D eigenvalue weighted by atomic mass is 16.3. The quantitative estimate of drug-likeness (QED) is 0.651. The van der Waals surface area contributed by atoms with Gasteiger partial charge in [0.15, 0.2) is 0 Å². The van der Waals surface area contributed by atoms with E-state index in [1.807, 2.05) is 0 Å². The molecule has 2 rings (SSSR count). The van der Waals surface area contributed by atoms with Crippen molar-refractivity contribution < 1.29 is 10.2 Å². The Hall–Kier alpha value is -0.0800. The first-order valence-electron chi connectivity index (χ1n) is 5.63. The lowest BCUT2D eigenvalue weighted by molar-refractivity contribution is -0.0160. The van der Waals surface area contributed by atoms with Crippen LogP contribution in [-0.4, -0.2) is 22.4 Å². The van der Waals surface area contributed by atoms with E-state index >= 15 is 0 Å². The molecule has 0 aromatic rings. The molecule has 13 heavy (non-hydrogen) atoms. The summed E-state index contributed by atoms with van der Waals surface area (Å²) in [6, 6.07) is 0. The maximum atomic E-state index is 9.84. The fourth-order valence-corrected chi connectivity index (χ4v) is 3.06. The molecule has 0 heterocycles. The highest BCUT2D eigenvalue weighted by Gasteiger charge is 2.35. The second-order valence-electron chi connectivity index (χ2n) is 4.74. The van der Waals surface area contributed by atoms with Crippen LogP contribution in [0.25, 0.3) is 0 Å². The van der Waals surface area contributed by atoms with E-state index in [4.69, 9.17) is 0 Å². The third-order valence-corrected chi connectivity index (χ3v) is 3.84. The number of aliphatic hydroxyl groups is 2. The Kier molecular flexibility index (Phi) is 2.89. The molecule has 2 aliphatic rings. The van der Waals surface area contributed by atoms with E-state index in [0.717, 1.165) is 19.3 Å². The lowest BCUT2D eigenvalue weighted by Crippen LogP contribution is -2.35. The van der Waals surface area contributed by atoms with Gasteiger partial charge in [0.25, 0.3) is 0 Å². The predicted molar refractivity (Wildman–Crippen MR) is 51.3 cm³/mol. The van der Waals surface area contributed by atoms with Gasteiger partial charge in [0.1, 0.15) is 0 Å². The first kappa shape index (κ1) is 9.47. The number of hydrogen-bond acceptors (Lipinski definition) is 2. The second-order valence-corrected chi connectivity index (χ2v) is 4.74. The minimum atomic E-state index is -0.144. The van der Waals surface area contributed by atoms with Crippen molar-refractivity contribution in [3.05, 3.63) is 0 Å². The zero-order valence-electron chi connectivity index (χ0n) is 8.15. The second kappa shape index (κ2) is 3.97. The molecule has 0 amide bonds. The van der Waals surface area contributed by atoms with Crippen molar-refractivity contribution in [1.82, 2.24) is 0 Å². The monoisotopic (exact) mass is 184 g/mol. The van der Waals surface area contributed by atoms with Crippen molar-refractivity contribution >= 4 is 0 Å². The fraction of sp³-hybridized carbons (Fsp3) is 1.00. The van der Waals surface area contributed by atoms with Gasteiger partial charge < -0.3 is 10.2 Å². The topological polar surface area (TPSA) is 40.5 Å². The molecule has 2 aliphatic carbocycles. The molecule has 3 atom stereocenters. The average Bonchev–Trinajstić information content (AvgIpc) is 2.61. The van der Waals surface area contributed by atoms with Gasteiger partial charge >= 0.3 is 0 Å². The maximum absolute atomic E-state index is 9.84. The molecular formula is C11H20O2. The highest BCUT2D eigenvalue weighted by Crippen LogP contribution is 2.39. The zero-order valence-corrected chi connectivity index (χ0v) is 8.15. The molecule has 0 aromatic carbocycles. The summed E-state index contributed by atoms with van der Waals surface area (Å²) in [5.41, 5.74) is 0. The van der Waals surface area contributed by atoms with E-state index in [0.29, 0.717) is 11.8 Å². The van der Waals surface area contributed by atoms with Gasteiger partial charge in [0, 0.05) is 0 Å². The molecule has 3 unspecified atom stereocenters. The van der Waals surface area contributed by atoms with Crippen LogP contribution in [0.2, 0.25) is 0 Å². The number of aliphatic hydroxyl groups excluding tert-OH is 2. The molecule has 0 spiro atoms. The molecule has 76 valence electrons. The summed E-state index contributed by atoms with van der Waals surface area (Å²) in [5, 5.41) is 19.4. The van der Waals surface area contributed by atoms with Crippen molar-refractivity contribution in [2.24, 2.45) is 11.8 Å². The van der Waals surface area contributed by atoms with Gasteiger partial charge in [-0.15, -0.1) is 0 Å². The normalized spacial score (nSPS) is 42.5. The predicted octanol–water partition coefficient (Wildman–Crippen LogP) is 1.70. The molecule has 2 heteroatoms. The van der Waals surface area contributed by atoms with E-state index < -0.39 is 0 Å². The van der Waals surface area contributed by atoms with Crippen LogP contribution in [0.3, 0.4) is 0 Å². The number of rotatable bonds is 1. The van der Waals surface area contributed by atoms with E-state index in [1.54, 1.807) is 0 Å². The average molecular weight is 184 g/mol. The Morgan fingerprint density at radius 2 is 1.54 bits per heavy atom. The van der Waals surface area contributed by atoms with Gasteiger partial charge in [-0.05, 0) is 31.1 Å². The van der Waals surface area contributed by atoms with E-state index in [1.165, 1.54) is 25.7 Å². The summed E-state index contributed by atoms with van der Waals surface area (Å²) in [5.74, 6) is 1.09. The Labute approximate surface area is 80.0 Å². The molecule has 0 radical (unpaired) electrons. The molecular weight excluding hydrogens is 164 g/mol. The maximum Gasteiger partial charge on any atom is 0.0573 e. The first-order valence-corrected chi connectivity index (χ1v) is 5.63. The van der Waals surface area contributed by atoms with Gasteiger partial charge in [0.2, 0.25) is 0 Å². The van der Waals surface area contributed by atoms with Crippen LogP contribution < -0.4 is 0 Å². The van der Waals surface area contributed by atoms with Crippen molar-refractivity contribution in [2.75, 3.05) is 0 Å². The summed E-state index contributed by atoms with van der Waals surface area (Å²) in [6.45, 7) is 0. The molecule has 2 N–H and O–H groups in total. The van der Waals surface area contributed by atoms with Crippen LogP contribution in [0, 0.1) is 11.8 Å². The third-order valence-electron chi connectivity index (χ3n) is 3.84. The van der Waals surface area contributed by atoms with Crippen LogP contribution in [0.4, 0.5) is 0 Å². The molecule has 0 bridgehead atoms. The molecule has 0 saturated heterocycles. The van der Waals surface area contributed by atoms with Crippen LogP contribution in [0.15, 0.2) is 0 Å². The lowest BCUT2D eigenvalue weighted by atomic mass is 9.76. The summed E-state index contributed by atoms with van der Waals surface area (Å²) in [7, 11) is 0. The largest absolute Gasteiger partial charge is 0.393 e. The minimum absolute atomic E-state index is 0.133. The van der Waals surface area contributed by atoms with Crippen LogP contribution in [0.1, 0.15) is 44.9 Å². The van der Waals surface area contributed by atoms with E-state index in [2.05, 4.69) is 0 Å². The van der Waals surface area contributed by atoms with Gasteiger partial charge in [-0.25, -0.2) is 0 Å². The van der Waals surface area contributed by atoms with Gasteiger partial charge in [0.05, 0.1) is 12.2 Å². The van der Waals surface area contributed by atoms with Gasteiger partial charge in [-0.1, -0.05) is 25.7 Å². The van der Waals surface area contributed by atoms with Gasteiger partial charge in [-0.2, -0.15) is 0 Å². The van der Waals surface area contributed by atoms with Crippen molar-refractivity contribution in [3.63, 3.8) is 0 Å². The van der Waals surface area contributed by atoms with Crippen molar-refractivity contribution in [2.45, 2.75) is 57.2 Å². The highest BCUT2D eigenvalue weighted by molar-refractivity contribution is 4.86. The Bertz CT molecular complexity index is 163. The van der Waals surface area contributed by atoms with Gasteiger partial charge in [-0.3, -0.25) is 0 Å². The lowest BCUT2D eigenvalue weighted by Gasteiger charge is -2.34. The van der Waals surface area contributed by atoms with Crippen LogP contribution in [0.5, 0.6) is 0 Å². The first-order chi connectivity index (χ1) is 6.27. The molecule has 2 nitrogen and oxygen atoms in total. The molecule has 0 aliphatic heterocycles. The SMILES string of the molecule is OC1CCC(O)C(C2CCCC2)C1. The summed E-state index contributed by atoms with van der Waals surface area (Å²) in [4.78, 5) is 0. The molecule has 2 fully saturated rings. The minimum Gasteiger partial charge on any atom is -0.393 e. The smallest absolute Gasteiger partial charge is 0.0573 e. The summed E-state index contributed by atoms with van der Waals surface area (Å²) >= 11 is 0. The summed E-state index contributed by atoms with van der Waals surface area (Å²) < 4.78 is 0. The van der Waals surface area contributed by atoms with Crippen LogP contribution in [-0.2, 0) is 0 Å².